The summed E-state index contributed by atoms with van der Waals surface area (Å²) in [6.45, 7) is 1.85. The van der Waals surface area contributed by atoms with Crippen LogP contribution in [-0.4, -0.2) is 46.5 Å². The number of pyridine rings is 1. The largest absolute Gasteiger partial charge is 0.469 e. The van der Waals surface area contributed by atoms with Gasteiger partial charge in [-0.1, -0.05) is 29.8 Å². The molecular weight excluding hydrogens is 612 g/mol. The molecule has 3 fully saturated rings. The van der Waals surface area contributed by atoms with E-state index >= 15 is 4.39 Å². The molecule has 0 saturated heterocycles. The zero-order valence-electron chi connectivity index (χ0n) is 25.2. The van der Waals surface area contributed by atoms with Crippen molar-refractivity contribution in [3.05, 3.63) is 90.3 Å². The number of methoxy groups -OCH3 is 1. The lowest BCUT2D eigenvalue weighted by Gasteiger charge is -2.47. The van der Waals surface area contributed by atoms with Crippen molar-refractivity contribution in [2.75, 3.05) is 12.4 Å². The van der Waals surface area contributed by atoms with Crippen LogP contribution in [0, 0.1) is 36.3 Å². The number of nitrogens with zero attached hydrogens (tertiary/aromatic N) is 4. The summed E-state index contributed by atoms with van der Waals surface area (Å²) in [7, 11) is -2.78. The maximum Gasteiger partial charge on any atom is 0.311 e. The van der Waals surface area contributed by atoms with Gasteiger partial charge >= 0.3 is 5.97 Å². The Bertz CT molecular complexity index is 2080. The monoisotopic (exact) mass is 643 g/mol. The molecule has 0 amide bonds. The molecule has 12 heteroatoms. The zero-order valence-corrected chi connectivity index (χ0v) is 26.0. The number of ether oxygens (including phenoxy) is 1. The van der Waals surface area contributed by atoms with E-state index in [1.165, 1.54) is 37.6 Å². The van der Waals surface area contributed by atoms with Crippen molar-refractivity contribution in [2.24, 2.45) is 17.8 Å². The Hall–Kier alpha value is -4.71. The molecule has 2 atom stereocenters. The van der Waals surface area contributed by atoms with Gasteiger partial charge in [-0.05, 0) is 74.8 Å². The number of benzene rings is 2. The second-order valence-corrected chi connectivity index (χ2v) is 13.8. The Morgan fingerprint density at radius 3 is 2.39 bits per heavy atom. The van der Waals surface area contributed by atoms with E-state index in [-0.39, 0.29) is 68.3 Å². The predicted octanol–water partition coefficient (Wildman–Crippen LogP) is 6.37. The first-order chi connectivity index (χ1) is 22.1. The van der Waals surface area contributed by atoms with Crippen LogP contribution in [0.5, 0.6) is 0 Å². The fraction of sp³-hybridized carbons (Fsp3) is 0.294. The third kappa shape index (κ3) is 5.20. The van der Waals surface area contributed by atoms with Crippen molar-refractivity contribution >= 4 is 32.8 Å². The normalized spacial score (nSPS) is 21.0. The van der Waals surface area contributed by atoms with Crippen molar-refractivity contribution in [2.45, 2.75) is 43.5 Å². The summed E-state index contributed by atoms with van der Waals surface area (Å²) >= 11 is 0. The summed E-state index contributed by atoms with van der Waals surface area (Å²) in [6.07, 6.45) is 6.03. The van der Waals surface area contributed by atoms with E-state index in [0.717, 1.165) is 41.4 Å². The van der Waals surface area contributed by atoms with Crippen molar-refractivity contribution < 1.29 is 26.7 Å². The van der Waals surface area contributed by atoms with Gasteiger partial charge in [-0.25, -0.2) is 36.1 Å². The van der Waals surface area contributed by atoms with Gasteiger partial charge in [-0.15, -0.1) is 0 Å². The van der Waals surface area contributed by atoms with Crippen LogP contribution in [0.2, 0.25) is 0 Å². The van der Waals surface area contributed by atoms with Gasteiger partial charge in [0.2, 0.25) is 0 Å². The van der Waals surface area contributed by atoms with E-state index in [2.05, 4.69) is 15.3 Å². The van der Waals surface area contributed by atoms with Gasteiger partial charge in [-0.2, -0.15) is 0 Å². The molecule has 3 aromatic heterocycles. The number of halogens is 2. The number of carbonyl (C=O) groups is 1. The fourth-order valence-electron chi connectivity index (χ4n) is 6.99. The Balaban J connectivity index is 1.41. The van der Waals surface area contributed by atoms with Crippen molar-refractivity contribution in [1.29, 1.82) is 0 Å². The number of anilines is 1. The minimum atomic E-state index is -4.16. The molecule has 3 aliphatic rings. The van der Waals surface area contributed by atoms with Crippen molar-refractivity contribution in [3.8, 4) is 22.6 Å². The van der Waals surface area contributed by atoms with Crippen LogP contribution >= 0.6 is 0 Å². The van der Waals surface area contributed by atoms with Gasteiger partial charge in [0, 0.05) is 34.8 Å². The Labute approximate surface area is 264 Å². The van der Waals surface area contributed by atoms with Crippen molar-refractivity contribution in [3.63, 3.8) is 0 Å². The molecule has 8 rings (SSSR count). The van der Waals surface area contributed by atoms with Gasteiger partial charge in [0.05, 0.1) is 29.8 Å². The molecule has 3 saturated carbocycles. The molecule has 1 N–H and O–H groups in total. The molecular formula is C34H31F2N5O4S. The number of aromatic nitrogens is 4. The smallest absolute Gasteiger partial charge is 0.311 e. The van der Waals surface area contributed by atoms with E-state index in [1.807, 2.05) is 6.92 Å². The van der Waals surface area contributed by atoms with Crippen LogP contribution in [0.25, 0.3) is 33.7 Å². The summed E-state index contributed by atoms with van der Waals surface area (Å²) in [5.74, 6) is -1.14. The lowest BCUT2D eigenvalue weighted by atomic mass is 9.61. The number of rotatable bonds is 7. The number of hydrogen-bond acceptors (Lipinski definition) is 8. The third-order valence-electron chi connectivity index (χ3n) is 9.28. The van der Waals surface area contributed by atoms with Gasteiger partial charge in [0.1, 0.15) is 17.5 Å². The average Bonchev–Trinajstić information content (AvgIpc) is 3.45. The van der Waals surface area contributed by atoms with E-state index < -0.39 is 21.7 Å². The van der Waals surface area contributed by atoms with Crippen LogP contribution < -0.4 is 5.32 Å². The first-order valence-electron chi connectivity index (χ1n) is 15.1. The number of nitrogens with one attached hydrogen (secondary N) is 1. The van der Waals surface area contributed by atoms with E-state index in [9.17, 15) is 17.6 Å². The summed E-state index contributed by atoms with van der Waals surface area (Å²) in [6, 6.07) is 15.0. The predicted molar refractivity (Wildman–Crippen MR) is 168 cm³/mol. The Kier molecular flexibility index (Phi) is 7.54. The Morgan fingerprint density at radius 1 is 0.957 bits per heavy atom. The quantitative estimate of drug-likeness (QED) is 0.203. The molecule has 0 aliphatic heterocycles. The van der Waals surface area contributed by atoms with Gasteiger partial charge in [0.15, 0.2) is 11.5 Å². The minimum absolute atomic E-state index is 0.0123. The molecule has 236 valence electrons. The average molecular weight is 644 g/mol. The molecule has 46 heavy (non-hydrogen) atoms. The molecule has 0 spiro atoms. The summed E-state index contributed by atoms with van der Waals surface area (Å²) in [4.78, 5) is 26.5. The maximum absolute atomic E-state index is 15.1. The van der Waals surface area contributed by atoms with Gasteiger partial charge < -0.3 is 10.1 Å². The van der Waals surface area contributed by atoms with Crippen LogP contribution in [0.4, 0.5) is 14.6 Å². The van der Waals surface area contributed by atoms with E-state index in [0.29, 0.717) is 5.82 Å². The SMILES string of the molecule is COC(=O)C1C2CCC(CC2)C1Nc1cc(-c2ccccc2F)nc(-c2cn(S(=O)(=O)c3ccc(C)cc3)c3ncc(F)cc23)n1. The molecule has 9 nitrogen and oxygen atoms in total. The first-order valence-corrected chi connectivity index (χ1v) is 16.6. The Morgan fingerprint density at radius 2 is 1.67 bits per heavy atom. The minimum Gasteiger partial charge on any atom is -0.469 e. The number of aryl methyl sites for hydroxylation is 1. The van der Waals surface area contributed by atoms with Gasteiger partial charge in [0.25, 0.3) is 10.0 Å². The number of fused-ring (bicyclic) bond motifs is 4. The molecule has 3 aliphatic carbocycles. The van der Waals surface area contributed by atoms with Gasteiger partial charge in [-0.3, -0.25) is 4.79 Å². The van der Waals surface area contributed by atoms with Crippen LogP contribution in [0.15, 0.2) is 78.0 Å². The number of carbonyl (C=O) groups excluding carboxylic acids is 1. The standard InChI is InChI=1S/C34H31F2N5O4S/c1-19-7-13-23(14-8-19)46(43,44)41-18-26(25-15-22(35)17-37-33(25)41)32-38-28(24-5-3-4-6-27(24)36)16-29(40-32)39-31-21-11-9-20(10-12-21)30(31)34(42)45-2/h3-8,13-18,20-21,30-31H,9-12H2,1-2H3,(H,38,39,40). The van der Waals surface area contributed by atoms with E-state index in [1.54, 1.807) is 36.4 Å². The highest BCUT2D eigenvalue weighted by Crippen LogP contribution is 2.47. The van der Waals surface area contributed by atoms with Crippen molar-refractivity contribution in [1.82, 2.24) is 18.9 Å². The van der Waals surface area contributed by atoms with Crippen LogP contribution in [-0.2, 0) is 19.6 Å². The van der Waals surface area contributed by atoms with Crippen LogP contribution in [0.1, 0.15) is 31.2 Å². The number of hydrogen-bond donors (Lipinski definition) is 1. The first kappa shape index (κ1) is 30.0. The second-order valence-electron chi connectivity index (χ2n) is 12.0. The summed E-state index contributed by atoms with van der Waals surface area (Å²) in [5, 5.41) is 3.62. The second kappa shape index (κ2) is 11.6. The molecule has 2 aromatic carbocycles. The highest BCUT2D eigenvalue weighted by atomic mass is 32.2. The number of esters is 1. The lowest BCUT2D eigenvalue weighted by molar-refractivity contribution is -0.152. The highest BCUT2D eigenvalue weighted by Gasteiger charge is 2.48. The summed E-state index contributed by atoms with van der Waals surface area (Å²) in [5.41, 5.74) is 1.49. The maximum atomic E-state index is 15.1. The molecule has 5 aromatic rings. The molecule has 3 heterocycles. The fourth-order valence-corrected chi connectivity index (χ4v) is 8.32. The molecule has 0 radical (unpaired) electrons. The van der Waals surface area contributed by atoms with Crippen LogP contribution in [0.3, 0.4) is 0 Å². The highest BCUT2D eigenvalue weighted by molar-refractivity contribution is 7.90. The van der Waals surface area contributed by atoms with E-state index in [4.69, 9.17) is 9.72 Å². The molecule has 2 bridgehead atoms. The topological polar surface area (TPSA) is 116 Å². The lowest BCUT2D eigenvalue weighted by Crippen LogP contribution is -2.51. The third-order valence-corrected chi connectivity index (χ3v) is 10.9. The summed E-state index contributed by atoms with van der Waals surface area (Å²) < 4.78 is 63.6. The zero-order chi connectivity index (χ0) is 32.2. The molecule has 2 unspecified atom stereocenters.